The van der Waals surface area contributed by atoms with E-state index in [9.17, 15) is 13.2 Å². The lowest BCUT2D eigenvalue weighted by Gasteiger charge is -2.26. The van der Waals surface area contributed by atoms with Crippen LogP contribution in [0.5, 0.6) is 5.75 Å². The second kappa shape index (κ2) is 8.90. The number of nitrogens with one attached hydrogen (secondary N) is 1. The molecule has 1 amide bonds. The molecule has 0 saturated heterocycles. The fraction of sp³-hybridized carbons (Fsp3) is 0.478. The predicted octanol–water partition coefficient (Wildman–Crippen LogP) is 4.27. The number of benzene rings is 1. The van der Waals surface area contributed by atoms with Crippen LogP contribution in [0.15, 0.2) is 41.4 Å². The number of anilines is 1. The topological polar surface area (TPSA) is 88.6 Å². The van der Waals surface area contributed by atoms with Gasteiger partial charge in [-0.25, -0.2) is 9.71 Å². The van der Waals surface area contributed by atoms with Crippen LogP contribution >= 0.6 is 11.6 Å². The molecule has 4 rings (SSSR count). The lowest BCUT2D eigenvalue weighted by Crippen LogP contribution is -2.43. The van der Waals surface area contributed by atoms with Gasteiger partial charge in [-0.2, -0.15) is 8.42 Å². The summed E-state index contributed by atoms with van der Waals surface area (Å²) in [5, 5.41) is 0.312. The summed E-state index contributed by atoms with van der Waals surface area (Å²) in [6.07, 6.45) is 6.57. The molecule has 1 N–H and O–H groups in total. The Labute approximate surface area is 194 Å². The third-order valence-electron chi connectivity index (χ3n) is 6.11. The summed E-state index contributed by atoms with van der Waals surface area (Å²) in [6.45, 7) is 0. The largest absolute Gasteiger partial charge is 0.477 e. The third-order valence-corrected chi connectivity index (χ3v) is 7.58. The second-order valence-corrected chi connectivity index (χ2v) is 10.8. The van der Waals surface area contributed by atoms with E-state index in [1.54, 1.807) is 37.2 Å². The molecule has 0 unspecified atom stereocenters. The van der Waals surface area contributed by atoms with Gasteiger partial charge >= 0.3 is 0 Å². The summed E-state index contributed by atoms with van der Waals surface area (Å²) in [6, 6.07) is 10.2. The van der Waals surface area contributed by atoms with Gasteiger partial charge in [0.15, 0.2) is 10.6 Å². The van der Waals surface area contributed by atoms with Crippen molar-refractivity contribution in [1.82, 2.24) is 9.71 Å². The molecule has 32 heavy (non-hydrogen) atoms. The van der Waals surface area contributed by atoms with E-state index in [-0.39, 0.29) is 5.03 Å². The first-order chi connectivity index (χ1) is 15.2. The highest BCUT2D eigenvalue weighted by Crippen LogP contribution is 2.45. The Balaban J connectivity index is 1.54. The molecule has 9 heteroatoms. The van der Waals surface area contributed by atoms with Crippen molar-refractivity contribution in [2.45, 2.75) is 61.5 Å². The van der Waals surface area contributed by atoms with Gasteiger partial charge in [-0.05, 0) is 48.6 Å². The van der Waals surface area contributed by atoms with Crippen molar-refractivity contribution in [3.05, 3.63) is 47.0 Å². The van der Waals surface area contributed by atoms with Gasteiger partial charge in [0.25, 0.3) is 15.9 Å². The molecule has 0 radical (unpaired) electrons. The van der Waals surface area contributed by atoms with Crippen molar-refractivity contribution in [1.29, 1.82) is 0 Å². The van der Waals surface area contributed by atoms with Gasteiger partial charge < -0.3 is 9.64 Å². The van der Waals surface area contributed by atoms with Crippen LogP contribution < -0.4 is 14.4 Å². The molecule has 7 nitrogen and oxygen atoms in total. The average molecular weight is 478 g/mol. The van der Waals surface area contributed by atoms with Crippen LogP contribution in [0.25, 0.3) is 0 Å². The Kier molecular flexibility index (Phi) is 6.36. The standard InChI is InChI=1S/C23H28ClN3O4S/c1-27(2)20-9-6-10-21(25-20)32(29,30)26-22(28)23(13-14-23)31-19-15-17(24)11-12-18(19)16-7-4-3-5-8-16/h6,9-12,15-16H,3-5,7-8,13-14H2,1-2H3,(H,26,28). The molecule has 2 fully saturated rings. The van der Waals surface area contributed by atoms with E-state index >= 15 is 0 Å². The molecule has 1 aromatic heterocycles. The first-order valence-corrected chi connectivity index (χ1v) is 12.8. The maximum absolute atomic E-state index is 13.0. The number of rotatable bonds is 7. The number of sulfonamides is 1. The Morgan fingerprint density at radius 2 is 1.88 bits per heavy atom. The fourth-order valence-electron chi connectivity index (χ4n) is 4.12. The third kappa shape index (κ3) is 4.86. The Bertz CT molecular complexity index is 1110. The zero-order chi connectivity index (χ0) is 22.9. The number of carbonyl (C=O) groups excluding carboxylic acids is 1. The summed E-state index contributed by atoms with van der Waals surface area (Å²) in [4.78, 5) is 18.9. The molecule has 1 aromatic carbocycles. The number of ether oxygens (including phenoxy) is 1. The number of carbonyl (C=O) groups is 1. The van der Waals surface area contributed by atoms with Crippen LogP contribution in [0.2, 0.25) is 5.02 Å². The number of halogens is 1. The second-order valence-electron chi connectivity index (χ2n) is 8.78. The van der Waals surface area contributed by atoms with Gasteiger partial charge in [0, 0.05) is 32.0 Å². The van der Waals surface area contributed by atoms with E-state index in [0.29, 0.717) is 35.3 Å². The molecule has 172 valence electrons. The zero-order valence-electron chi connectivity index (χ0n) is 18.3. The number of amides is 1. The molecule has 2 aliphatic carbocycles. The number of hydrogen-bond acceptors (Lipinski definition) is 6. The fourth-order valence-corrected chi connectivity index (χ4v) is 5.29. The molecule has 1 heterocycles. The Morgan fingerprint density at radius 3 is 2.53 bits per heavy atom. The quantitative estimate of drug-likeness (QED) is 0.640. The highest BCUT2D eigenvalue weighted by Gasteiger charge is 2.54. The van der Waals surface area contributed by atoms with E-state index in [0.717, 1.165) is 31.2 Å². The molecular weight excluding hydrogens is 450 g/mol. The summed E-state index contributed by atoms with van der Waals surface area (Å²) in [5.74, 6) is 0.733. The van der Waals surface area contributed by atoms with Crippen LogP contribution in [0, 0.1) is 0 Å². The molecule has 2 aromatic rings. The van der Waals surface area contributed by atoms with Crippen LogP contribution in [-0.2, 0) is 14.8 Å². The smallest absolute Gasteiger partial charge is 0.281 e. The van der Waals surface area contributed by atoms with E-state index in [2.05, 4.69) is 9.71 Å². The maximum atomic E-state index is 13.0. The van der Waals surface area contributed by atoms with E-state index in [1.165, 1.54) is 12.5 Å². The molecule has 0 atom stereocenters. The van der Waals surface area contributed by atoms with Gasteiger partial charge in [-0.3, -0.25) is 4.79 Å². The van der Waals surface area contributed by atoms with E-state index in [1.807, 2.05) is 12.1 Å². The number of aromatic nitrogens is 1. The Morgan fingerprint density at radius 1 is 1.16 bits per heavy atom. The van der Waals surface area contributed by atoms with Gasteiger partial charge in [-0.15, -0.1) is 0 Å². The average Bonchev–Trinajstić information content (AvgIpc) is 3.55. The SMILES string of the molecule is CN(C)c1cccc(S(=O)(=O)NC(=O)C2(Oc3cc(Cl)ccc3C3CCCCC3)CC2)n1. The van der Waals surface area contributed by atoms with Crippen molar-refractivity contribution in [3.63, 3.8) is 0 Å². The van der Waals surface area contributed by atoms with E-state index < -0.39 is 21.5 Å². The van der Waals surface area contributed by atoms with Crippen molar-refractivity contribution >= 4 is 33.3 Å². The van der Waals surface area contributed by atoms with Crippen molar-refractivity contribution < 1.29 is 17.9 Å². The molecule has 0 aliphatic heterocycles. The van der Waals surface area contributed by atoms with Crippen LogP contribution in [0.4, 0.5) is 5.82 Å². The molecular formula is C23H28ClN3O4S. The molecule has 2 saturated carbocycles. The first kappa shape index (κ1) is 22.9. The van der Waals surface area contributed by atoms with E-state index in [4.69, 9.17) is 16.3 Å². The van der Waals surface area contributed by atoms with Gasteiger partial charge in [0.05, 0.1) is 0 Å². The normalized spacial score (nSPS) is 18.1. The summed E-state index contributed by atoms with van der Waals surface area (Å²) in [7, 11) is -0.607. The summed E-state index contributed by atoms with van der Waals surface area (Å²) >= 11 is 6.22. The highest BCUT2D eigenvalue weighted by atomic mass is 35.5. The van der Waals surface area contributed by atoms with Crippen molar-refractivity contribution in [2.75, 3.05) is 19.0 Å². The predicted molar refractivity (Wildman–Crippen MR) is 124 cm³/mol. The number of hydrogen-bond donors (Lipinski definition) is 1. The van der Waals surface area contributed by atoms with Crippen LogP contribution in [0.1, 0.15) is 56.4 Å². The molecule has 0 spiro atoms. The number of nitrogens with zero attached hydrogens (tertiary/aromatic N) is 2. The van der Waals surface area contributed by atoms with Gasteiger partial charge in [0.1, 0.15) is 11.6 Å². The lowest BCUT2D eigenvalue weighted by atomic mass is 9.83. The number of pyridine rings is 1. The lowest BCUT2D eigenvalue weighted by molar-refractivity contribution is -0.128. The minimum Gasteiger partial charge on any atom is -0.477 e. The van der Waals surface area contributed by atoms with Gasteiger partial charge in [-0.1, -0.05) is 43.0 Å². The zero-order valence-corrected chi connectivity index (χ0v) is 19.9. The molecule has 2 aliphatic rings. The minimum absolute atomic E-state index is 0.210. The highest BCUT2D eigenvalue weighted by molar-refractivity contribution is 7.90. The van der Waals surface area contributed by atoms with Crippen LogP contribution in [-0.4, -0.2) is 39.0 Å². The van der Waals surface area contributed by atoms with Gasteiger partial charge in [0.2, 0.25) is 0 Å². The Hall–Kier alpha value is -2.32. The summed E-state index contributed by atoms with van der Waals surface area (Å²) in [5.41, 5.74) is -0.170. The maximum Gasteiger partial charge on any atom is 0.281 e. The first-order valence-electron chi connectivity index (χ1n) is 10.9. The monoisotopic (exact) mass is 477 g/mol. The van der Waals surface area contributed by atoms with Crippen molar-refractivity contribution in [2.24, 2.45) is 0 Å². The van der Waals surface area contributed by atoms with Crippen molar-refractivity contribution in [3.8, 4) is 5.75 Å². The summed E-state index contributed by atoms with van der Waals surface area (Å²) < 4.78 is 34.0. The minimum atomic E-state index is -4.13. The molecule has 0 bridgehead atoms. The van der Waals surface area contributed by atoms with Crippen LogP contribution in [0.3, 0.4) is 0 Å².